The molecule has 0 unspecified atom stereocenters. The van der Waals surface area contributed by atoms with E-state index in [9.17, 15) is 0 Å². The Bertz CT molecular complexity index is 3060. The number of para-hydroxylation sites is 3. The van der Waals surface area contributed by atoms with Crippen molar-refractivity contribution in [3.8, 4) is 39.1 Å². The third kappa shape index (κ3) is 5.26. The first-order valence-corrected chi connectivity index (χ1v) is 19.1. The normalized spacial score (nSPS) is 11.9. The van der Waals surface area contributed by atoms with Crippen molar-refractivity contribution in [2.45, 2.75) is 6.42 Å². The van der Waals surface area contributed by atoms with Gasteiger partial charge in [0.2, 0.25) is 0 Å². The molecule has 0 N–H and O–H groups in total. The number of rotatable bonds is 6. The van der Waals surface area contributed by atoms with Gasteiger partial charge in [-0.1, -0.05) is 152 Å². The van der Waals surface area contributed by atoms with E-state index < -0.39 is 0 Å². The summed E-state index contributed by atoms with van der Waals surface area (Å²) in [4.78, 5) is 2.43. The average molecular weight is 701 g/mol. The zero-order chi connectivity index (χ0) is 36.3. The summed E-state index contributed by atoms with van der Waals surface area (Å²) in [5.41, 5.74) is 17.2. The number of benzene rings is 9. The molecule has 1 aromatic heterocycles. The van der Waals surface area contributed by atoms with Crippen molar-refractivity contribution < 1.29 is 0 Å². The highest BCUT2D eigenvalue weighted by molar-refractivity contribution is 6.10. The molecule has 0 aliphatic heterocycles. The van der Waals surface area contributed by atoms with Gasteiger partial charge < -0.3 is 9.47 Å². The van der Waals surface area contributed by atoms with Crippen LogP contribution < -0.4 is 4.90 Å². The monoisotopic (exact) mass is 700 g/mol. The molecule has 0 saturated carbocycles. The van der Waals surface area contributed by atoms with Gasteiger partial charge in [0.15, 0.2) is 0 Å². The Kier molecular flexibility index (Phi) is 7.28. The minimum absolute atomic E-state index is 0.985. The molecule has 0 saturated heterocycles. The predicted molar refractivity (Wildman–Crippen MR) is 232 cm³/mol. The molecule has 0 atom stereocenters. The topological polar surface area (TPSA) is 8.17 Å². The van der Waals surface area contributed by atoms with E-state index in [1.165, 1.54) is 77.1 Å². The molecule has 55 heavy (non-hydrogen) atoms. The standard InChI is InChI=1S/C53H36N2/c1-2-15-43(16-3-1)55-52-21-11-9-19-49(52)50-31-29-45(35-53(50)55)54(51-20-10-8-18-48(51)41-23-22-36-12-4-5-13-38(36)32-41)44-27-24-37(25-28-44)39-26-30-47-42(33-39)34-40-14-6-7-17-46(40)47/h1-33,35H,34H2. The van der Waals surface area contributed by atoms with Crippen LogP contribution in [0.2, 0.25) is 0 Å². The zero-order valence-corrected chi connectivity index (χ0v) is 30.2. The molecule has 1 aliphatic rings. The van der Waals surface area contributed by atoms with Gasteiger partial charge in [-0.15, -0.1) is 0 Å². The molecule has 1 aliphatic carbocycles. The van der Waals surface area contributed by atoms with Crippen molar-refractivity contribution in [2.24, 2.45) is 0 Å². The fraction of sp³-hybridized carbons (Fsp3) is 0.0189. The number of fused-ring (bicyclic) bond motifs is 7. The lowest BCUT2D eigenvalue weighted by Gasteiger charge is -2.28. The van der Waals surface area contributed by atoms with E-state index >= 15 is 0 Å². The van der Waals surface area contributed by atoms with Crippen molar-refractivity contribution in [1.29, 1.82) is 0 Å². The molecular weight excluding hydrogens is 665 g/mol. The van der Waals surface area contributed by atoms with Gasteiger partial charge >= 0.3 is 0 Å². The fourth-order valence-electron chi connectivity index (χ4n) is 8.78. The summed E-state index contributed by atoms with van der Waals surface area (Å²) in [6.07, 6.45) is 0.985. The Hall–Kier alpha value is -7.16. The smallest absolute Gasteiger partial charge is 0.0561 e. The molecule has 1 heterocycles. The molecule has 0 radical (unpaired) electrons. The van der Waals surface area contributed by atoms with E-state index in [1.807, 2.05) is 0 Å². The van der Waals surface area contributed by atoms with Gasteiger partial charge in [-0.25, -0.2) is 0 Å². The van der Waals surface area contributed by atoms with Gasteiger partial charge in [-0.3, -0.25) is 0 Å². The van der Waals surface area contributed by atoms with Gasteiger partial charge in [-0.2, -0.15) is 0 Å². The van der Waals surface area contributed by atoms with Crippen LogP contribution in [0.3, 0.4) is 0 Å². The maximum atomic E-state index is 2.43. The number of nitrogens with zero attached hydrogens (tertiary/aromatic N) is 2. The summed E-state index contributed by atoms with van der Waals surface area (Å²) in [5.74, 6) is 0. The molecule has 2 nitrogen and oxygen atoms in total. The highest BCUT2D eigenvalue weighted by atomic mass is 15.1. The van der Waals surface area contributed by atoms with Crippen LogP contribution in [0.25, 0.3) is 71.6 Å². The highest BCUT2D eigenvalue weighted by Gasteiger charge is 2.21. The van der Waals surface area contributed by atoms with Crippen LogP contribution in [-0.2, 0) is 6.42 Å². The van der Waals surface area contributed by atoms with Crippen LogP contribution in [0.1, 0.15) is 11.1 Å². The average Bonchev–Trinajstić information content (AvgIpc) is 3.79. The molecule has 10 aromatic rings. The lowest BCUT2D eigenvalue weighted by molar-refractivity contribution is 1.18. The molecular formula is C53H36N2. The summed E-state index contributed by atoms with van der Waals surface area (Å²) in [6, 6.07) is 75.5. The Labute approximate surface area is 320 Å². The van der Waals surface area contributed by atoms with Gasteiger partial charge in [-0.05, 0) is 111 Å². The van der Waals surface area contributed by atoms with Crippen molar-refractivity contribution in [3.63, 3.8) is 0 Å². The van der Waals surface area contributed by atoms with Crippen molar-refractivity contribution in [1.82, 2.24) is 4.57 Å². The minimum Gasteiger partial charge on any atom is -0.310 e. The van der Waals surface area contributed by atoms with Crippen LogP contribution >= 0.6 is 0 Å². The van der Waals surface area contributed by atoms with E-state index in [2.05, 4.69) is 216 Å². The lowest BCUT2D eigenvalue weighted by Crippen LogP contribution is -2.11. The van der Waals surface area contributed by atoms with Crippen molar-refractivity contribution >= 4 is 49.6 Å². The second-order valence-electron chi connectivity index (χ2n) is 14.6. The molecule has 258 valence electrons. The van der Waals surface area contributed by atoms with E-state index in [1.54, 1.807) is 0 Å². The number of hydrogen-bond acceptors (Lipinski definition) is 1. The highest BCUT2D eigenvalue weighted by Crippen LogP contribution is 2.44. The fourth-order valence-corrected chi connectivity index (χ4v) is 8.78. The minimum atomic E-state index is 0.985. The maximum absolute atomic E-state index is 2.43. The zero-order valence-electron chi connectivity index (χ0n) is 30.2. The molecule has 0 amide bonds. The first-order valence-electron chi connectivity index (χ1n) is 19.1. The quantitative estimate of drug-likeness (QED) is 0.168. The van der Waals surface area contributed by atoms with E-state index in [4.69, 9.17) is 0 Å². The Balaban J connectivity index is 1.08. The summed E-state index contributed by atoms with van der Waals surface area (Å²) in [5, 5.41) is 4.96. The first kappa shape index (κ1) is 31.4. The Morgan fingerprint density at radius 3 is 1.91 bits per heavy atom. The molecule has 9 aromatic carbocycles. The number of aromatic nitrogens is 1. The summed E-state index contributed by atoms with van der Waals surface area (Å²) >= 11 is 0. The molecule has 11 rings (SSSR count). The summed E-state index contributed by atoms with van der Waals surface area (Å²) in [7, 11) is 0. The third-order valence-corrected chi connectivity index (χ3v) is 11.4. The third-order valence-electron chi connectivity index (χ3n) is 11.4. The van der Waals surface area contributed by atoms with Gasteiger partial charge in [0, 0.05) is 33.4 Å². The van der Waals surface area contributed by atoms with Crippen LogP contribution in [0.4, 0.5) is 17.1 Å². The predicted octanol–water partition coefficient (Wildman–Crippen LogP) is 14.3. The number of hydrogen-bond donors (Lipinski definition) is 0. The lowest BCUT2D eigenvalue weighted by atomic mass is 9.97. The van der Waals surface area contributed by atoms with Gasteiger partial charge in [0.25, 0.3) is 0 Å². The van der Waals surface area contributed by atoms with Gasteiger partial charge in [0.1, 0.15) is 0 Å². The van der Waals surface area contributed by atoms with Crippen LogP contribution in [0.15, 0.2) is 206 Å². The SMILES string of the molecule is c1ccc(-n2c3ccccc3c3ccc(N(c4ccc(-c5ccc6c(c5)Cc5ccccc5-6)cc4)c4ccccc4-c4ccc5ccccc5c4)cc32)cc1. The summed E-state index contributed by atoms with van der Waals surface area (Å²) < 4.78 is 2.40. The van der Waals surface area contributed by atoms with Crippen LogP contribution in [-0.4, -0.2) is 4.57 Å². The Morgan fingerprint density at radius 1 is 0.364 bits per heavy atom. The van der Waals surface area contributed by atoms with Crippen molar-refractivity contribution in [3.05, 3.63) is 217 Å². The van der Waals surface area contributed by atoms with Crippen LogP contribution in [0, 0.1) is 0 Å². The summed E-state index contributed by atoms with van der Waals surface area (Å²) in [6.45, 7) is 0. The van der Waals surface area contributed by atoms with Crippen LogP contribution in [0.5, 0.6) is 0 Å². The Morgan fingerprint density at radius 2 is 1.02 bits per heavy atom. The number of anilines is 3. The van der Waals surface area contributed by atoms with Gasteiger partial charge in [0.05, 0.1) is 16.7 Å². The van der Waals surface area contributed by atoms with E-state index in [0.29, 0.717) is 0 Å². The molecule has 0 bridgehead atoms. The maximum Gasteiger partial charge on any atom is 0.0561 e. The second-order valence-corrected chi connectivity index (χ2v) is 14.6. The second kappa shape index (κ2) is 12.8. The molecule has 2 heteroatoms. The van der Waals surface area contributed by atoms with E-state index in [0.717, 1.165) is 29.2 Å². The largest absolute Gasteiger partial charge is 0.310 e. The first-order chi connectivity index (χ1) is 27.3. The van der Waals surface area contributed by atoms with Crippen molar-refractivity contribution in [2.75, 3.05) is 4.90 Å². The van der Waals surface area contributed by atoms with E-state index in [-0.39, 0.29) is 0 Å². The molecule has 0 spiro atoms. The molecule has 0 fully saturated rings.